The Hall–Kier alpha value is -1.43. The fraction of sp³-hybridized carbons (Fsp3) is 0.462. The van der Waals surface area contributed by atoms with Crippen molar-refractivity contribution in [2.24, 2.45) is 5.92 Å². The minimum Gasteiger partial charge on any atom is -0.370 e. The molecule has 1 heterocycles. The van der Waals surface area contributed by atoms with Gasteiger partial charge in [-0.1, -0.05) is 6.92 Å². The first-order valence-electron chi connectivity index (χ1n) is 5.83. The predicted molar refractivity (Wildman–Crippen MR) is 59.3 cm³/mol. The van der Waals surface area contributed by atoms with E-state index >= 15 is 0 Å². The predicted octanol–water partition coefficient (Wildman–Crippen LogP) is 3.45. The molecule has 1 aromatic rings. The van der Waals surface area contributed by atoms with Crippen LogP contribution in [0, 0.1) is 11.7 Å². The van der Waals surface area contributed by atoms with Crippen LogP contribution in [0.5, 0.6) is 0 Å². The second-order valence-corrected chi connectivity index (χ2v) is 4.61. The van der Waals surface area contributed by atoms with Crippen molar-refractivity contribution >= 4 is 5.78 Å². The number of carbonyl (C=O) groups excluding carboxylic acids is 1. The Labute approximate surface area is 107 Å². The molecule has 1 saturated heterocycles. The van der Waals surface area contributed by atoms with Crippen LogP contribution in [-0.2, 0) is 10.9 Å². The number of hydrogen-bond acceptors (Lipinski definition) is 2. The van der Waals surface area contributed by atoms with Crippen LogP contribution < -0.4 is 0 Å². The van der Waals surface area contributed by atoms with Crippen molar-refractivity contribution < 1.29 is 27.1 Å². The van der Waals surface area contributed by atoms with Gasteiger partial charge in [0.2, 0.25) is 0 Å². The van der Waals surface area contributed by atoms with E-state index in [0.29, 0.717) is 25.2 Å². The number of halogens is 4. The highest BCUT2D eigenvalue weighted by Gasteiger charge is 2.36. The normalized spacial score (nSPS) is 23.6. The molecule has 2 unspecified atom stereocenters. The van der Waals surface area contributed by atoms with Gasteiger partial charge in [-0.05, 0) is 30.5 Å². The van der Waals surface area contributed by atoms with E-state index in [2.05, 4.69) is 0 Å². The largest absolute Gasteiger partial charge is 0.419 e. The molecule has 0 spiro atoms. The topological polar surface area (TPSA) is 26.3 Å². The summed E-state index contributed by atoms with van der Waals surface area (Å²) in [5.74, 6) is -1.97. The zero-order chi connectivity index (χ0) is 14.2. The van der Waals surface area contributed by atoms with Crippen LogP contribution >= 0.6 is 0 Å². The Balaban J connectivity index is 2.33. The van der Waals surface area contributed by atoms with E-state index in [1.807, 2.05) is 0 Å². The lowest BCUT2D eigenvalue weighted by atomic mass is 9.95. The van der Waals surface area contributed by atoms with Gasteiger partial charge in [0.1, 0.15) is 11.9 Å². The van der Waals surface area contributed by atoms with E-state index in [4.69, 9.17) is 4.74 Å². The standard InChI is InChI=1S/C13H12F4O2/c1-7-4-5-19-12(7)11(18)8-2-3-10(14)9(6-8)13(15,16)17/h2-3,6-7,12H,4-5H2,1H3. The lowest BCUT2D eigenvalue weighted by molar-refractivity contribution is -0.140. The lowest BCUT2D eigenvalue weighted by Gasteiger charge is -2.15. The maximum atomic E-state index is 13.1. The molecule has 2 rings (SSSR count). The number of ketones is 1. The number of benzene rings is 1. The van der Waals surface area contributed by atoms with Crippen molar-refractivity contribution in [3.8, 4) is 0 Å². The maximum Gasteiger partial charge on any atom is 0.419 e. The molecule has 0 N–H and O–H groups in total. The lowest BCUT2D eigenvalue weighted by Crippen LogP contribution is -2.25. The van der Waals surface area contributed by atoms with Gasteiger partial charge in [-0.2, -0.15) is 13.2 Å². The minimum absolute atomic E-state index is 0.0492. The van der Waals surface area contributed by atoms with Crippen LogP contribution in [-0.4, -0.2) is 18.5 Å². The smallest absolute Gasteiger partial charge is 0.370 e. The highest BCUT2D eigenvalue weighted by atomic mass is 19.4. The van der Waals surface area contributed by atoms with Crippen LogP contribution in [0.1, 0.15) is 29.3 Å². The van der Waals surface area contributed by atoms with Gasteiger partial charge >= 0.3 is 6.18 Å². The number of hydrogen-bond donors (Lipinski definition) is 0. The second-order valence-electron chi connectivity index (χ2n) is 4.61. The molecule has 0 bridgehead atoms. The Morgan fingerprint density at radius 2 is 2.05 bits per heavy atom. The first-order valence-corrected chi connectivity index (χ1v) is 5.83. The van der Waals surface area contributed by atoms with Crippen molar-refractivity contribution in [2.75, 3.05) is 6.61 Å². The van der Waals surface area contributed by atoms with Crippen molar-refractivity contribution in [1.29, 1.82) is 0 Å². The molecule has 0 aliphatic carbocycles. The quantitative estimate of drug-likeness (QED) is 0.611. The number of Topliss-reactive ketones (excluding diaryl/α,β-unsaturated/α-hetero) is 1. The Bertz CT molecular complexity index is 496. The SMILES string of the molecule is CC1CCOC1C(=O)c1ccc(F)c(C(F)(F)F)c1. The molecule has 104 valence electrons. The van der Waals surface area contributed by atoms with E-state index in [9.17, 15) is 22.4 Å². The Morgan fingerprint density at radius 3 is 2.58 bits per heavy atom. The van der Waals surface area contributed by atoms with E-state index in [0.717, 1.165) is 6.07 Å². The maximum absolute atomic E-state index is 13.1. The monoisotopic (exact) mass is 276 g/mol. The Morgan fingerprint density at radius 1 is 1.37 bits per heavy atom. The molecule has 1 aliphatic heterocycles. The molecule has 0 amide bonds. The summed E-state index contributed by atoms with van der Waals surface area (Å²) in [4.78, 5) is 12.0. The van der Waals surface area contributed by atoms with Crippen molar-refractivity contribution in [1.82, 2.24) is 0 Å². The summed E-state index contributed by atoms with van der Waals surface area (Å²) in [7, 11) is 0. The third kappa shape index (κ3) is 2.78. The summed E-state index contributed by atoms with van der Waals surface area (Å²) in [6.45, 7) is 2.20. The number of alkyl halides is 3. The number of ether oxygens (including phenoxy) is 1. The van der Waals surface area contributed by atoms with Gasteiger partial charge in [0.15, 0.2) is 5.78 Å². The van der Waals surface area contributed by atoms with E-state index < -0.39 is 29.4 Å². The third-order valence-electron chi connectivity index (χ3n) is 3.20. The van der Waals surface area contributed by atoms with Gasteiger partial charge < -0.3 is 4.74 Å². The first kappa shape index (κ1) is 14.0. The summed E-state index contributed by atoms with van der Waals surface area (Å²) in [6, 6.07) is 2.27. The highest BCUT2D eigenvalue weighted by molar-refractivity contribution is 6.00. The molecule has 1 aromatic carbocycles. The van der Waals surface area contributed by atoms with Gasteiger partial charge in [0, 0.05) is 12.2 Å². The summed E-state index contributed by atoms with van der Waals surface area (Å²) < 4.78 is 56.0. The average molecular weight is 276 g/mol. The number of carbonyl (C=O) groups is 1. The zero-order valence-electron chi connectivity index (χ0n) is 10.1. The zero-order valence-corrected chi connectivity index (χ0v) is 10.1. The number of rotatable bonds is 2. The molecule has 0 radical (unpaired) electrons. The minimum atomic E-state index is -4.82. The average Bonchev–Trinajstić information content (AvgIpc) is 2.73. The van der Waals surface area contributed by atoms with Gasteiger partial charge in [-0.25, -0.2) is 4.39 Å². The fourth-order valence-corrected chi connectivity index (χ4v) is 2.09. The first-order chi connectivity index (χ1) is 8.80. The fourth-order valence-electron chi connectivity index (χ4n) is 2.09. The summed E-state index contributed by atoms with van der Waals surface area (Å²) in [5.41, 5.74) is -1.60. The molecule has 0 aromatic heterocycles. The van der Waals surface area contributed by atoms with Crippen LogP contribution in [0.15, 0.2) is 18.2 Å². The molecule has 2 atom stereocenters. The molecule has 2 nitrogen and oxygen atoms in total. The third-order valence-corrected chi connectivity index (χ3v) is 3.20. The molecule has 1 aliphatic rings. The van der Waals surface area contributed by atoms with Gasteiger partial charge in [0.05, 0.1) is 5.56 Å². The van der Waals surface area contributed by atoms with E-state index in [1.54, 1.807) is 6.92 Å². The van der Waals surface area contributed by atoms with E-state index in [1.165, 1.54) is 0 Å². The summed E-state index contributed by atoms with van der Waals surface area (Å²) >= 11 is 0. The van der Waals surface area contributed by atoms with Gasteiger partial charge in [-0.15, -0.1) is 0 Å². The summed E-state index contributed by atoms with van der Waals surface area (Å²) in [6.07, 6.45) is -4.88. The second kappa shape index (κ2) is 4.92. The molecule has 6 heteroatoms. The van der Waals surface area contributed by atoms with Crippen molar-refractivity contribution in [3.05, 3.63) is 35.1 Å². The van der Waals surface area contributed by atoms with Crippen LogP contribution in [0.3, 0.4) is 0 Å². The summed E-state index contributed by atoms with van der Waals surface area (Å²) in [5, 5.41) is 0. The molecule has 0 saturated carbocycles. The molecular formula is C13H12F4O2. The highest BCUT2D eigenvalue weighted by Crippen LogP contribution is 2.33. The van der Waals surface area contributed by atoms with Crippen LogP contribution in [0.25, 0.3) is 0 Å². The van der Waals surface area contributed by atoms with Crippen molar-refractivity contribution in [3.63, 3.8) is 0 Å². The Kier molecular flexibility index (Phi) is 3.62. The molecular weight excluding hydrogens is 264 g/mol. The van der Waals surface area contributed by atoms with Gasteiger partial charge in [-0.3, -0.25) is 4.79 Å². The van der Waals surface area contributed by atoms with Crippen LogP contribution in [0.4, 0.5) is 17.6 Å². The van der Waals surface area contributed by atoms with E-state index in [-0.39, 0.29) is 11.5 Å². The van der Waals surface area contributed by atoms with Crippen LogP contribution in [0.2, 0.25) is 0 Å². The van der Waals surface area contributed by atoms with Gasteiger partial charge in [0.25, 0.3) is 0 Å². The van der Waals surface area contributed by atoms with Crippen molar-refractivity contribution in [2.45, 2.75) is 25.6 Å². The molecule has 19 heavy (non-hydrogen) atoms. The molecule has 1 fully saturated rings.